The van der Waals surface area contributed by atoms with Gasteiger partial charge in [-0.3, -0.25) is 24.5 Å². The fourth-order valence-corrected chi connectivity index (χ4v) is 1.21. The summed E-state index contributed by atoms with van der Waals surface area (Å²) >= 11 is 0. The van der Waals surface area contributed by atoms with E-state index in [1.165, 1.54) is 24.5 Å². The van der Waals surface area contributed by atoms with Crippen LogP contribution in [0.15, 0.2) is 44.3 Å². The lowest BCUT2D eigenvalue weighted by Gasteiger charge is -1.95. The van der Waals surface area contributed by atoms with Crippen LogP contribution in [-0.4, -0.2) is 26.0 Å². The second-order valence-electron chi connectivity index (χ2n) is 3.35. The predicted octanol–water partition coefficient (Wildman–Crippen LogP) is 0.0879. The van der Waals surface area contributed by atoms with E-state index in [0.29, 0.717) is 0 Å². The molecule has 0 aliphatic heterocycles. The van der Waals surface area contributed by atoms with Crippen LogP contribution >= 0.6 is 0 Å². The molecule has 0 spiro atoms. The summed E-state index contributed by atoms with van der Waals surface area (Å²) in [5.74, 6) is -1.48. The Morgan fingerprint density at radius 3 is 2.53 bits per heavy atom. The van der Waals surface area contributed by atoms with Crippen molar-refractivity contribution >= 4 is 11.6 Å². The van der Waals surface area contributed by atoms with Crippen molar-refractivity contribution in [1.29, 1.82) is 0 Å². The molecule has 0 radical (unpaired) electrons. The number of aromatic amines is 2. The van der Waals surface area contributed by atoms with Gasteiger partial charge in [0.05, 0.1) is 0 Å². The fraction of sp³-hybridized carbons (Fsp3) is 0. The number of carbonyl (C=O) groups excluding carboxylic acids is 1. The Labute approximate surface area is 104 Å². The molecule has 0 aromatic carbocycles. The van der Waals surface area contributed by atoms with Gasteiger partial charge in [0, 0.05) is 18.0 Å². The Bertz CT molecular complexity index is 747. The Kier molecular flexibility index (Phi) is 3.28. The molecule has 0 fully saturated rings. The summed E-state index contributed by atoms with van der Waals surface area (Å²) in [7, 11) is 0. The van der Waals surface area contributed by atoms with Crippen LogP contribution in [0.2, 0.25) is 0 Å². The maximum atomic E-state index is 11.6. The van der Waals surface area contributed by atoms with Gasteiger partial charge in [-0.1, -0.05) is 0 Å². The van der Waals surface area contributed by atoms with Gasteiger partial charge in [-0.05, 0) is 12.1 Å². The minimum Gasteiger partial charge on any atom is -0.493 e. The number of amides is 1. The number of aromatic nitrogens is 3. The Morgan fingerprint density at radius 2 is 1.89 bits per heavy atom. The Morgan fingerprint density at radius 1 is 1.21 bits per heavy atom. The predicted molar refractivity (Wildman–Crippen MR) is 62.4 cm³/mol. The van der Waals surface area contributed by atoms with Gasteiger partial charge in [0.25, 0.3) is 11.5 Å². The molecule has 19 heavy (non-hydrogen) atoms. The fourth-order valence-electron chi connectivity index (χ4n) is 1.21. The number of nitrogens with one attached hydrogen (secondary N) is 2. The highest BCUT2D eigenvalue weighted by Crippen LogP contribution is 2.16. The quantitative estimate of drug-likeness (QED) is 0.657. The average molecular weight is 261 g/mol. The Balaban J connectivity index is 2.32. The molecule has 3 N–H and O–H groups in total. The minimum absolute atomic E-state index is 0.221. The van der Waals surface area contributed by atoms with E-state index in [9.17, 15) is 19.5 Å². The molecule has 9 heteroatoms. The lowest BCUT2D eigenvalue weighted by molar-refractivity contribution is 0.0995. The first-order chi connectivity index (χ1) is 9.08. The average Bonchev–Trinajstić information content (AvgIpc) is 2.38. The first-order valence-electron chi connectivity index (χ1n) is 4.99. The van der Waals surface area contributed by atoms with Crippen molar-refractivity contribution in [2.24, 2.45) is 10.2 Å². The molecule has 96 valence electrons. The first kappa shape index (κ1) is 12.4. The van der Waals surface area contributed by atoms with Gasteiger partial charge in [0.15, 0.2) is 0 Å². The maximum absolute atomic E-state index is 11.6. The molecule has 0 aliphatic rings. The van der Waals surface area contributed by atoms with E-state index >= 15 is 0 Å². The number of rotatable bonds is 2. The Hall–Kier alpha value is -3.10. The molecular formula is C10H7N5O4. The van der Waals surface area contributed by atoms with Gasteiger partial charge in [0.1, 0.15) is 0 Å². The molecule has 0 aliphatic carbocycles. The van der Waals surface area contributed by atoms with Crippen LogP contribution in [0.3, 0.4) is 0 Å². The highest BCUT2D eigenvalue weighted by molar-refractivity contribution is 5.94. The molecule has 0 saturated heterocycles. The second-order valence-corrected chi connectivity index (χ2v) is 3.35. The number of azo groups is 1. The molecular weight excluding hydrogens is 254 g/mol. The first-order valence-corrected chi connectivity index (χ1v) is 4.99. The van der Waals surface area contributed by atoms with Gasteiger partial charge in [0.2, 0.25) is 11.6 Å². The molecule has 2 aromatic rings. The standard InChI is InChI=1S/C10H7N5O4/c16-7(5-1-3-11-4-2-5)15-14-6-8(17)12-10(19)13-9(6)18/h1-4H,(H3,12,13,17,18,19). The van der Waals surface area contributed by atoms with Crippen LogP contribution in [-0.2, 0) is 0 Å². The summed E-state index contributed by atoms with van der Waals surface area (Å²) in [4.78, 5) is 41.1. The largest absolute Gasteiger partial charge is 0.493 e. The summed E-state index contributed by atoms with van der Waals surface area (Å²) in [6.07, 6.45) is 2.79. The zero-order chi connectivity index (χ0) is 13.8. The third kappa shape index (κ3) is 2.77. The van der Waals surface area contributed by atoms with Gasteiger partial charge < -0.3 is 5.11 Å². The van der Waals surface area contributed by atoms with Crippen molar-refractivity contribution in [3.8, 4) is 5.88 Å². The summed E-state index contributed by atoms with van der Waals surface area (Å²) in [6.45, 7) is 0. The zero-order valence-electron chi connectivity index (χ0n) is 9.32. The van der Waals surface area contributed by atoms with E-state index in [1.54, 1.807) is 0 Å². The number of carbonyl (C=O) groups is 1. The number of aromatic hydroxyl groups is 1. The van der Waals surface area contributed by atoms with Crippen LogP contribution < -0.4 is 11.2 Å². The van der Waals surface area contributed by atoms with Gasteiger partial charge in [-0.2, -0.15) is 0 Å². The number of hydrogen-bond donors (Lipinski definition) is 3. The SMILES string of the molecule is O=C(N=Nc1c(O)[nH]c(=O)[nH]c1=O)c1ccncc1. The van der Waals surface area contributed by atoms with E-state index in [2.05, 4.69) is 15.2 Å². The van der Waals surface area contributed by atoms with Crippen LogP contribution in [0.25, 0.3) is 0 Å². The monoisotopic (exact) mass is 261 g/mol. The van der Waals surface area contributed by atoms with E-state index < -0.39 is 28.7 Å². The van der Waals surface area contributed by atoms with Crippen LogP contribution in [0.1, 0.15) is 10.4 Å². The molecule has 0 atom stereocenters. The van der Waals surface area contributed by atoms with Crippen molar-refractivity contribution in [3.05, 3.63) is 50.9 Å². The van der Waals surface area contributed by atoms with Crippen molar-refractivity contribution < 1.29 is 9.90 Å². The van der Waals surface area contributed by atoms with Crippen molar-refractivity contribution in [2.75, 3.05) is 0 Å². The summed E-state index contributed by atoms with van der Waals surface area (Å²) < 4.78 is 0. The third-order valence-corrected chi connectivity index (χ3v) is 2.07. The van der Waals surface area contributed by atoms with Crippen LogP contribution in [0.5, 0.6) is 5.88 Å². The molecule has 9 nitrogen and oxygen atoms in total. The topological polar surface area (TPSA) is 141 Å². The number of nitrogens with zero attached hydrogens (tertiary/aromatic N) is 3. The number of pyridine rings is 1. The second kappa shape index (κ2) is 5.04. The maximum Gasteiger partial charge on any atom is 0.328 e. The smallest absolute Gasteiger partial charge is 0.328 e. The van der Waals surface area contributed by atoms with E-state index in [-0.39, 0.29) is 5.56 Å². The molecule has 2 rings (SSSR count). The molecule has 0 unspecified atom stereocenters. The number of H-pyrrole nitrogens is 2. The highest BCUT2D eigenvalue weighted by atomic mass is 16.3. The van der Waals surface area contributed by atoms with Gasteiger partial charge >= 0.3 is 5.69 Å². The van der Waals surface area contributed by atoms with Crippen molar-refractivity contribution in [3.63, 3.8) is 0 Å². The zero-order valence-corrected chi connectivity index (χ0v) is 9.32. The summed E-state index contributed by atoms with van der Waals surface area (Å²) in [5.41, 5.74) is -2.17. The third-order valence-electron chi connectivity index (χ3n) is 2.07. The lowest BCUT2D eigenvalue weighted by atomic mass is 10.3. The molecule has 0 bridgehead atoms. The van der Waals surface area contributed by atoms with Gasteiger partial charge in [-0.15, -0.1) is 10.2 Å². The lowest BCUT2D eigenvalue weighted by Crippen LogP contribution is -2.21. The molecule has 2 aromatic heterocycles. The van der Waals surface area contributed by atoms with Crippen LogP contribution in [0.4, 0.5) is 5.69 Å². The van der Waals surface area contributed by atoms with E-state index in [0.717, 1.165) is 0 Å². The normalized spacial score (nSPS) is 10.7. The molecule has 0 saturated carbocycles. The van der Waals surface area contributed by atoms with Crippen LogP contribution in [0, 0.1) is 0 Å². The van der Waals surface area contributed by atoms with Crippen molar-refractivity contribution in [1.82, 2.24) is 15.0 Å². The van der Waals surface area contributed by atoms with E-state index in [4.69, 9.17) is 0 Å². The highest BCUT2D eigenvalue weighted by Gasteiger charge is 2.09. The van der Waals surface area contributed by atoms with Crippen molar-refractivity contribution in [2.45, 2.75) is 0 Å². The summed E-state index contributed by atoms with van der Waals surface area (Å²) in [6, 6.07) is 2.83. The molecule has 2 heterocycles. The van der Waals surface area contributed by atoms with Gasteiger partial charge in [-0.25, -0.2) is 4.79 Å². The van der Waals surface area contributed by atoms with E-state index in [1.807, 2.05) is 9.97 Å². The minimum atomic E-state index is -0.951. The summed E-state index contributed by atoms with van der Waals surface area (Å²) in [5, 5.41) is 15.9. The number of hydrogen-bond acceptors (Lipinski definition) is 6. The molecule has 1 amide bonds.